The van der Waals surface area contributed by atoms with Crippen molar-refractivity contribution in [3.63, 3.8) is 0 Å². The van der Waals surface area contributed by atoms with E-state index in [-0.39, 0.29) is 13.1 Å². The number of nitrogens with one attached hydrogen (secondary N) is 2. The highest BCUT2D eigenvalue weighted by atomic mass is 31.1. The molecular formula is C26H50N2P2Si. The zero-order chi connectivity index (χ0) is 23.2. The third-order valence-corrected chi connectivity index (χ3v) is 15.4. The molecule has 0 bridgehead atoms. The molecule has 31 heavy (non-hydrogen) atoms. The smallest absolute Gasteiger partial charge is 0.0728 e. The van der Waals surface area contributed by atoms with Crippen molar-refractivity contribution < 1.29 is 0 Å². The van der Waals surface area contributed by atoms with Crippen LogP contribution in [0, 0.1) is 11.8 Å². The highest BCUT2D eigenvalue weighted by Gasteiger charge is 2.49. The lowest BCUT2D eigenvalue weighted by atomic mass is 9.73. The van der Waals surface area contributed by atoms with Gasteiger partial charge in [0.25, 0.3) is 0 Å². The van der Waals surface area contributed by atoms with Crippen LogP contribution in [-0.2, 0) is 0 Å². The normalized spacial score (nSPS) is 27.9. The Morgan fingerprint density at radius 1 is 0.935 bits per heavy atom. The zero-order valence-electron chi connectivity index (χ0n) is 21.9. The van der Waals surface area contributed by atoms with E-state index >= 15 is 0 Å². The van der Waals surface area contributed by atoms with Gasteiger partial charge in [0.2, 0.25) is 0 Å². The first-order valence-corrected chi connectivity index (χ1v) is 18.2. The molecule has 0 saturated carbocycles. The molecule has 2 saturated heterocycles. The second kappa shape index (κ2) is 9.26. The molecular weight excluding hydrogens is 430 g/mol. The van der Waals surface area contributed by atoms with Crippen LogP contribution in [0.4, 0.5) is 0 Å². The standard InChI is InChI=1S/C26H50N2P2Si/c1-24(2,3)30(25(4,5)6)18-19-14-22(31(7,8)9)15-23(19)26(29,20-10-12-27-16-20)21-11-13-28-17-21/h14,20-21,27-28H,10-13,15-18,29H2,1-9H3. The van der Waals surface area contributed by atoms with Crippen LogP contribution in [0.2, 0.25) is 19.6 Å². The van der Waals surface area contributed by atoms with Gasteiger partial charge in [0.05, 0.1) is 8.07 Å². The minimum atomic E-state index is -1.32. The van der Waals surface area contributed by atoms with Crippen molar-refractivity contribution >= 4 is 25.2 Å². The third-order valence-electron chi connectivity index (χ3n) is 8.01. The monoisotopic (exact) mass is 480 g/mol. The third kappa shape index (κ3) is 5.59. The second-order valence-corrected chi connectivity index (χ2v) is 23.3. The van der Waals surface area contributed by atoms with Crippen LogP contribution in [0.1, 0.15) is 60.8 Å². The van der Waals surface area contributed by atoms with Crippen LogP contribution >= 0.6 is 17.2 Å². The van der Waals surface area contributed by atoms with Crippen molar-refractivity contribution in [2.75, 3.05) is 32.3 Å². The molecule has 3 aliphatic rings. The predicted octanol–water partition coefficient (Wildman–Crippen LogP) is 6.40. The molecule has 2 fully saturated rings. The number of allylic oxidation sites excluding steroid dienone is 4. The molecule has 3 unspecified atom stereocenters. The molecule has 2 N–H and O–H groups in total. The molecule has 0 aromatic rings. The van der Waals surface area contributed by atoms with E-state index in [0.29, 0.717) is 10.3 Å². The summed E-state index contributed by atoms with van der Waals surface area (Å²) >= 11 is 0. The topological polar surface area (TPSA) is 24.1 Å². The largest absolute Gasteiger partial charge is 0.316 e. The molecule has 0 aromatic heterocycles. The van der Waals surface area contributed by atoms with Gasteiger partial charge < -0.3 is 10.6 Å². The molecule has 3 atom stereocenters. The lowest BCUT2D eigenvalue weighted by Crippen LogP contribution is -2.44. The molecule has 0 radical (unpaired) electrons. The van der Waals surface area contributed by atoms with E-state index in [0.717, 1.165) is 11.8 Å². The highest BCUT2D eigenvalue weighted by Crippen LogP contribution is 2.62. The van der Waals surface area contributed by atoms with Crippen LogP contribution in [-0.4, -0.2) is 55.9 Å². The molecule has 0 amide bonds. The lowest BCUT2D eigenvalue weighted by molar-refractivity contribution is 0.332. The molecule has 178 valence electrons. The summed E-state index contributed by atoms with van der Waals surface area (Å²) in [6, 6.07) is 0. The molecule has 1 aliphatic carbocycles. The Labute approximate surface area is 198 Å². The average Bonchev–Trinajstić information content (AvgIpc) is 3.38. The van der Waals surface area contributed by atoms with Crippen molar-refractivity contribution in [3.05, 3.63) is 22.4 Å². The van der Waals surface area contributed by atoms with Crippen molar-refractivity contribution in [2.45, 2.75) is 95.9 Å². The van der Waals surface area contributed by atoms with Crippen molar-refractivity contribution in [3.8, 4) is 0 Å². The summed E-state index contributed by atoms with van der Waals surface area (Å²) in [4.78, 5) is 0. The van der Waals surface area contributed by atoms with Gasteiger partial charge in [-0.3, -0.25) is 0 Å². The molecule has 0 spiro atoms. The van der Waals surface area contributed by atoms with Crippen LogP contribution < -0.4 is 10.6 Å². The van der Waals surface area contributed by atoms with Gasteiger partial charge in [0.15, 0.2) is 0 Å². The highest BCUT2D eigenvalue weighted by molar-refractivity contribution is 7.61. The van der Waals surface area contributed by atoms with E-state index in [1.54, 1.807) is 10.8 Å². The Kier molecular flexibility index (Phi) is 7.79. The molecule has 2 nitrogen and oxygen atoms in total. The van der Waals surface area contributed by atoms with Gasteiger partial charge in [0.1, 0.15) is 0 Å². The number of hydrogen-bond acceptors (Lipinski definition) is 2. The Balaban J connectivity index is 2.09. The summed E-state index contributed by atoms with van der Waals surface area (Å²) in [6.45, 7) is 27.3. The van der Waals surface area contributed by atoms with Gasteiger partial charge in [0, 0.05) is 5.16 Å². The minimum Gasteiger partial charge on any atom is -0.316 e. The van der Waals surface area contributed by atoms with E-state index < -0.39 is 8.07 Å². The maximum Gasteiger partial charge on any atom is 0.0728 e. The first-order valence-electron chi connectivity index (χ1n) is 12.6. The summed E-state index contributed by atoms with van der Waals surface area (Å²) in [6.07, 6.45) is 7.91. The second-order valence-electron chi connectivity index (χ2n) is 13.3. The summed E-state index contributed by atoms with van der Waals surface area (Å²) in [5, 5.41) is 10.2. The Morgan fingerprint density at radius 2 is 1.42 bits per heavy atom. The van der Waals surface area contributed by atoms with Crippen LogP contribution in [0.25, 0.3) is 0 Å². The van der Waals surface area contributed by atoms with Gasteiger partial charge >= 0.3 is 0 Å². The van der Waals surface area contributed by atoms with Crippen LogP contribution in [0.3, 0.4) is 0 Å². The lowest BCUT2D eigenvalue weighted by Gasteiger charge is -2.45. The fourth-order valence-corrected chi connectivity index (χ4v) is 12.1. The fraction of sp³-hybridized carbons (Fsp3) is 0.846. The van der Waals surface area contributed by atoms with Gasteiger partial charge in [-0.15, -0.1) is 9.24 Å². The maximum atomic E-state index is 3.71. The molecule has 2 heterocycles. The summed E-state index contributed by atoms with van der Waals surface area (Å²) < 4.78 is 0. The number of hydrogen-bond donors (Lipinski definition) is 2. The number of rotatable bonds is 6. The van der Waals surface area contributed by atoms with E-state index in [2.05, 4.69) is 87.1 Å². The van der Waals surface area contributed by atoms with E-state index in [1.807, 2.05) is 5.57 Å². The average molecular weight is 481 g/mol. The predicted molar refractivity (Wildman–Crippen MR) is 149 cm³/mol. The summed E-state index contributed by atoms with van der Waals surface area (Å²) in [5.74, 6) is 1.49. The van der Waals surface area contributed by atoms with E-state index in [9.17, 15) is 0 Å². The van der Waals surface area contributed by atoms with Gasteiger partial charge in [-0.1, -0.05) is 86.0 Å². The summed E-state index contributed by atoms with van der Waals surface area (Å²) in [7, 11) is 2.05. The Hall–Kier alpha value is 0.477. The van der Waals surface area contributed by atoms with Crippen molar-refractivity contribution in [1.29, 1.82) is 0 Å². The van der Waals surface area contributed by atoms with Crippen LogP contribution in [0.15, 0.2) is 22.4 Å². The van der Waals surface area contributed by atoms with E-state index in [1.165, 1.54) is 51.6 Å². The zero-order valence-corrected chi connectivity index (χ0v) is 25.0. The first-order chi connectivity index (χ1) is 14.1. The van der Waals surface area contributed by atoms with Crippen LogP contribution in [0.5, 0.6) is 0 Å². The SMILES string of the molecule is CC(C)(C)P(CC1=C(C(P)(C2CCNC2)C2CCNC2)CC([Si](C)(C)C)=C1)C(C)(C)C. The Bertz CT molecular complexity index is 679. The molecule has 0 aromatic carbocycles. The fourth-order valence-electron chi connectivity index (χ4n) is 6.31. The van der Waals surface area contributed by atoms with Gasteiger partial charge in [-0.05, 0) is 79.3 Å². The summed E-state index contributed by atoms with van der Waals surface area (Å²) in [5.41, 5.74) is 3.56. The first kappa shape index (κ1) is 26.1. The minimum absolute atomic E-state index is 0.134. The van der Waals surface area contributed by atoms with Gasteiger partial charge in [-0.2, -0.15) is 0 Å². The van der Waals surface area contributed by atoms with Gasteiger partial charge in [-0.25, -0.2) is 0 Å². The van der Waals surface area contributed by atoms with Crippen molar-refractivity contribution in [1.82, 2.24) is 10.6 Å². The quantitative estimate of drug-likeness (QED) is 0.339. The van der Waals surface area contributed by atoms with Crippen molar-refractivity contribution in [2.24, 2.45) is 11.8 Å². The van der Waals surface area contributed by atoms with E-state index in [4.69, 9.17) is 0 Å². The molecule has 2 aliphatic heterocycles. The maximum absolute atomic E-state index is 3.71. The molecule has 3 rings (SSSR count). The Morgan fingerprint density at radius 3 is 1.77 bits per heavy atom. The molecule has 5 heteroatoms.